The Labute approximate surface area is 79.3 Å². The number of hydrogen-bond donors (Lipinski definition) is 1. The Morgan fingerprint density at radius 2 is 2.14 bits per heavy atom. The topological polar surface area (TPSA) is 82.0 Å². The molecule has 5 heteroatoms. The number of non-ortho nitro benzene ring substituents is 1. The minimum atomic E-state index is -0.453. The first-order chi connectivity index (χ1) is 6.68. The maximum Gasteiger partial charge on any atom is 0.270 e. The zero-order valence-corrected chi connectivity index (χ0v) is 7.18. The predicted molar refractivity (Wildman–Crippen MR) is 52.8 cm³/mol. The van der Waals surface area contributed by atoms with Crippen LogP contribution in [0.2, 0.25) is 0 Å². The third kappa shape index (κ3) is 1.24. The number of nitrogens with two attached hydrogens (primary N) is 1. The summed E-state index contributed by atoms with van der Waals surface area (Å²) in [7, 11) is 0. The van der Waals surface area contributed by atoms with Crippen molar-refractivity contribution in [3.05, 3.63) is 40.6 Å². The minimum Gasteiger partial charge on any atom is -0.398 e. The number of fused-ring (bicyclic) bond motifs is 1. The van der Waals surface area contributed by atoms with Gasteiger partial charge in [0.05, 0.1) is 10.4 Å². The van der Waals surface area contributed by atoms with E-state index in [0.717, 1.165) is 0 Å². The Bertz CT molecular complexity index is 510. The highest BCUT2D eigenvalue weighted by molar-refractivity contribution is 5.91. The van der Waals surface area contributed by atoms with Crippen molar-refractivity contribution in [3.63, 3.8) is 0 Å². The first-order valence-electron chi connectivity index (χ1n) is 3.97. The average Bonchev–Trinajstić information content (AvgIpc) is 2.18. The fraction of sp³-hybridized carbons (Fsp3) is 0. The lowest BCUT2D eigenvalue weighted by Crippen LogP contribution is -1.91. The molecule has 0 unspecified atom stereocenters. The molecule has 2 N–H and O–H groups in total. The van der Waals surface area contributed by atoms with Crippen LogP contribution in [0.15, 0.2) is 30.5 Å². The Morgan fingerprint density at radius 3 is 2.86 bits per heavy atom. The van der Waals surface area contributed by atoms with E-state index in [-0.39, 0.29) is 5.69 Å². The van der Waals surface area contributed by atoms with Gasteiger partial charge < -0.3 is 5.73 Å². The smallest absolute Gasteiger partial charge is 0.270 e. The molecule has 0 amide bonds. The van der Waals surface area contributed by atoms with Gasteiger partial charge in [0.15, 0.2) is 0 Å². The largest absolute Gasteiger partial charge is 0.398 e. The van der Waals surface area contributed by atoms with Gasteiger partial charge in [0, 0.05) is 29.4 Å². The van der Waals surface area contributed by atoms with Gasteiger partial charge in [0.1, 0.15) is 0 Å². The van der Waals surface area contributed by atoms with Crippen LogP contribution in [-0.4, -0.2) is 9.91 Å². The lowest BCUT2D eigenvalue weighted by molar-refractivity contribution is -0.384. The second-order valence-corrected chi connectivity index (χ2v) is 2.86. The number of pyridine rings is 1. The minimum absolute atomic E-state index is 0.0252. The molecular weight excluding hydrogens is 182 g/mol. The van der Waals surface area contributed by atoms with E-state index in [1.54, 1.807) is 18.3 Å². The quantitative estimate of drug-likeness (QED) is 0.547. The summed E-state index contributed by atoms with van der Waals surface area (Å²) in [5.74, 6) is 0. The van der Waals surface area contributed by atoms with Crippen LogP contribution < -0.4 is 5.73 Å². The van der Waals surface area contributed by atoms with Gasteiger partial charge in [-0.1, -0.05) is 0 Å². The number of nitrogens with zero attached hydrogens (tertiary/aromatic N) is 2. The zero-order chi connectivity index (χ0) is 10.1. The molecule has 0 fully saturated rings. The lowest BCUT2D eigenvalue weighted by atomic mass is 10.2. The third-order valence-electron chi connectivity index (χ3n) is 1.97. The molecule has 0 saturated heterocycles. The van der Waals surface area contributed by atoms with Crippen molar-refractivity contribution in [2.45, 2.75) is 0 Å². The molecule has 0 spiro atoms. The van der Waals surface area contributed by atoms with Crippen molar-refractivity contribution in [1.82, 2.24) is 4.98 Å². The van der Waals surface area contributed by atoms with Crippen molar-refractivity contribution in [1.29, 1.82) is 0 Å². The van der Waals surface area contributed by atoms with E-state index in [1.165, 1.54) is 12.1 Å². The van der Waals surface area contributed by atoms with Crippen LogP contribution >= 0.6 is 0 Å². The van der Waals surface area contributed by atoms with Crippen LogP contribution in [-0.2, 0) is 0 Å². The lowest BCUT2D eigenvalue weighted by Gasteiger charge is -1.99. The van der Waals surface area contributed by atoms with Crippen LogP contribution in [0, 0.1) is 10.1 Å². The molecule has 1 aromatic heterocycles. The highest BCUT2D eigenvalue weighted by Gasteiger charge is 2.07. The molecule has 0 aliphatic carbocycles. The maximum atomic E-state index is 10.5. The molecular formula is C9H7N3O2. The molecule has 0 radical (unpaired) electrons. The molecule has 2 rings (SSSR count). The number of hydrogen-bond acceptors (Lipinski definition) is 4. The molecule has 0 aliphatic heterocycles. The van der Waals surface area contributed by atoms with Crippen molar-refractivity contribution < 1.29 is 4.92 Å². The first-order valence-corrected chi connectivity index (χ1v) is 3.97. The van der Waals surface area contributed by atoms with E-state index >= 15 is 0 Å². The number of rotatable bonds is 1. The molecule has 0 bridgehead atoms. The van der Waals surface area contributed by atoms with Crippen molar-refractivity contribution in [2.24, 2.45) is 0 Å². The van der Waals surface area contributed by atoms with Gasteiger partial charge >= 0.3 is 0 Å². The van der Waals surface area contributed by atoms with Gasteiger partial charge in [-0.25, -0.2) is 0 Å². The molecule has 14 heavy (non-hydrogen) atoms. The predicted octanol–water partition coefficient (Wildman–Crippen LogP) is 1.73. The monoisotopic (exact) mass is 189 g/mol. The van der Waals surface area contributed by atoms with Crippen molar-refractivity contribution >= 4 is 22.3 Å². The SMILES string of the molecule is Nc1ccnc2ccc([N+](=O)[O-])cc12. The Morgan fingerprint density at radius 1 is 1.36 bits per heavy atom. The number of nitro benzene ring substituents is 1. The van der Waals surface area contributed by atoms with Crippen molar-refractivity contribution in [2.75, 3.05) is 5.73 Å². The van der Waals surface area contributed by atoms with E-state index in [9.17, 15) is 10.1 Å². The average molecular weight is 189 g/mol. The summed E-state index contributed by atoms with van der Waals surface area (Å²) in [6.45, 7) is 0. The molecule has 0 aliphatic rings. The zero-order valence-electron chi connectivity index (χ0n) is 7.18. The fourth-order valence-corrected chi connectivity index (χ4v) is 1.27. The number of nitrogen functional groups attached to an aromatic ring is 1. The second kappa shape index (κ2) is 2.95. The molecule has 0 atom stereocenters. The molecule has 2 aromatic rings. The second-order valence-electron chi connectivity index (χ2n) is 2.86. The number of anilines is 1. The van der Waals surface area contributed by atoms with Crippen LogP contribution in [0.4, 0.5) is 11.4 Å². The summed E-state index contributed by atoms with van der Waals surface area (Å²) < 4.78 is 0. The van der Waals surface area contributed by atoms with Gasteiger partial charge in [-0.2, -0.15) is 0 Å². The normalized spacial score (nSPS) is 10.3. The summed E-state index contributed by atoms with van der Waals surface area (Å²) in [5, 5.41) is 11.1. The molecule has 5 nitrogen and oxygen atoms in total. The first kappa shape index (κ1) is 8.43. The van der Waals surface area contributed by atoms with E-state index in [4.69, 9.17) is 5.73 Å². The highest BCUT2D eigenvalue weighted by atomic mass is 16.6. The number of nitro groups is 1. The van der Waals surface area contributed by atoms with Crippen LogP contribution in [0.1, 0.15) is 0 Å². The Hall–Kier alpha value is -2.17. The van der Waals surface area contributed by atoms with Crippen molar-refractivity contribution in [3.8, 4) is 0 Å². The maximum absolute atomic E-state index is 10.5. The van der Waals surface area contributed by atoms with E-state index in [0.29, 0.717) is 16.6 Å². The third-order valence-corrected chi connectivity index (χ3v) is 1.97. The van der Waals surface area contributed by atoms with E-state index < -0.39 is 4.92 Å². The van der Waals surface area contributed by atoms with E-state index in [1.807, 2.05) is 0 Å². The number of benzene rings is 1. The summed E-state index contributed by atoms with van der Waals surface area (Å²) in [5.41, 5.74) is 6.85. The summed E-state index contributed by atoms with van der Waals surface area (Å²) in [4.78, 5) is 14.1. The molecule has 0 saturated carbocycles. The molecule has 70 valence electrons. The van der Waals surface area contributed by atoms with E-state index in [2.05, 4.69) is 4.98 Å². The van der Waals surface area contributed by atoms with Gasteiger partial charge in [0.2, 0.25) is 0 Å². The summed E-state index contributed by atoms with van der Waals surface area (Å²) >= 11 is 0. The standard InChI is InChI=1S/C9H7N3O2/c10-8-3-4-11-9-2-1-6(12(13)14)5-7(8)9/h1-5H,(H2,10,11). The van der Waals surface area contributed by atoms with Crippen LogP contribution in [0.3, 0.4) is 0 Å². The Kier molecular flexibility index (Phi) is 1.78. The number of aromatic nitrogens is 1. The van der Waals surface area contributed by atoms with Gasteiger partial charge in [0.25, 0.3) is 5.69 Å². The van der Waals surface area contributed by atoms with Gasteiger partial charge in [-0.15, -0.1) is 0 Å². The fourth-order valence-electron chi connectivity index (χ4n) is 1.27. The van der Waals surface area contributed by atoms with Gasteiger partial charge in [-0.05, 0) is 12.1 Å². The molecule has 1 aromatic carbocycles. The summed E-state index contributed by atoms with van der Waals surface area (Å²) in [6.07, 6.45) is 1.57. The summed E-state index contributed by atoms with van der Waals surface area (Å²) in [6, 6.07) is 6.04. The Balaban J connectivity index is 2.76. The van der Waals surface area contributed by atoms with Gasteiger partial charge in [-0.3, -0.25) is 15.1 Å². The van der Waals surface area contributed by atoms with Crippen LogP contribution in [0.5, 0.6) is 0 Å². The molecule has 1 heterocycles. The van der Waals surface area contributed by atoms with Crippen LogP contribution in [0.25, 0.3) is 10.9 Å². The highest BCUT2D eigenvalue weighted by Crippen LogP contribution is 2.23.